The second-order valence-corrected chi connectivity index (χ2v) is 5.86. The van der Waals surface area contributed by atoms with Crippen molar-refractivity contribution in [2.24, 2.45) is 0 Å². The Morgan fingerprint density at radius 1 is 1.53 bits per heavy atom. The maximum absolute atomic E-state index is 4.32. The molecule has 0 radical (unpaired) electrons. The van der Waals surface area contributed by atoms with Gasteiger partial charge in [0.25, 0.3) is 0 Å². The first-order chi connectivity index (χ1) is 9.22. The standard InChI is InChI=1S/C15H28N4/c1-4-8-18(14-6-5-7-16-9-14)11-15-10-17-12-19(15)13(2)3/h10,12-14,16H,4-9,11H2,1-3H3. The highest BCUT2D eigenvalue weighted by Gasteiger charge is 2.21. The van der Waals surface area contributed by atoms with Gasteiger partial charge in [-0.05, 0) is 46.2 Å². The van der Waals surface area contributed by atoms with Crippen LogP contribution in [0.25, 0.3) is 0 Å². The van der Waals surface area contributed by atoms with Crippen LogP contribution in [0.15, 0.2) is 12.5 Å². The van der Waals surface area contributed by atoms with Crippen LogP contribution >= 0.6 is 0 Å². The summed E-state index contributed by atoms with van der Waals surface area (Å²) in [6.07, 6.45) is 7.83. The minimum atomic E-state index is 0.491. The number of piperidine rings is 1. The summed E-state index contributed by atoms with van der Waals surface area (Å²) in [4.78, 5) is 6.95. The zero-order valence-corrected chi connectivity index (χ0v) is 12.6. The van der Waals surface area contributed by atoms with E-state index < -0.39 is 0 Å². The molecule has 1 aliphatic rings. The van der Waals surface area contributed by atoms with E-state index in [1.807, 2.05) is 12.5 Å². The molecular weight excluding hydrogens is 236 g/mol. The first-order valence-corrected chi connectivity index (χ1v) is 7.67. The molecule has 0 saturated carbocycles. The largest absolute Gasteiger partial charge is 0.331 e. The third-order valence-corrected chi connectivity index (χ3v) is 3.97. The van der Waals surface area contributed by atoms with Gasteiger partial charge in [0.1, 0.15) is 0 Å². The summed E-state index contributed by atoms with van der Waals surface area (Å²) in [6, 6.07) is 1.18. The van der Waals surface area contributed by atoms with Crippen LogP contribution in [0.3, 0.4) is 0 Å². The number of nitrogens with zero attached hydrogens (tertiary/aromatic N) is 3. The van der Waals surface area contributed by atoms with Crippen LogP contribution in [0.5, 0.6) is 0 Å². The van der Waals surface area contributed by atoms with Gasteiger partial charge in [0, 0.05) is 31.4 Å². The molecule has 108 valence electrons. The third kappa shape index (κ3) is 3.80. The van der Waals surface area contributed by atoms with E-state index >= 15 is 0 Å². The summed E-state index contributed by atoms with van der Waals surface area (Å²) in [5, 5.41) is 3.53. The lowest BCUT2D eigenvalue weighted by Crippen LogP contribution is -2.46. The number of imidazole rings is 1. The maximum atomic E-state index is 4.32. The van der Waals surface area contributed by atoms with Gasteiger partial charge in [0.05, 0.1) is 12.0 Å². The van der Waals surface area contributed by atoms with Crippen molar-refractivity contribution < 1.29 is 0 Å². The predicted molar refractivity (Wildman–Crippen MR) is 79.2 cm³/mol. The van der Waals surface area contributed by atoms with E-state index in [9.17, 15) is 0 Å². The molecular formula is C15H28N4. The molecule has 0 aromatic carbocycles. The fourth-order valence-corrected chi connectivity index (χ4v) is 2.95. The maximum Gasteiger partial charge on any atom is 0.0951 e. The van der Waals surface area contributed by atoms with Gasteiger partial charge in [0.2, 0.25) is 0 Å². The quantitative estimate of drug-likeness (QED) is 0.856. The van der Waals surface area contributed by atoms with Crippen molar-refractivity contribution in [3.63, 3.8) is 0 Å². The van der Waals surface area contributed by atoms with E-state index in [-0.39, 0.29) is 0 Å². The van der Waals surface area contributed by atoms with Gasteiger partial charge in [0.15, 0.2) is 0 Å². The van der Waals surface area contributed by atoms with Gasteiger partial charge >= 0.3 is 0 Å². The van der Waals surface area contributed by atoms with Crippen molar-refractivity contribution in [3.05, 3.63) is 18.2 Å². The van der Waals surface area contributed by atoms with Crippen LogP contribution in [0.1, 0.15) is 51.8 Å². The van der Waals surface area contributed by atoms with Gasteiger partial charge in [-0.2, -0.15) is 0 Å². The molecule has 1 atom stereocenters. The van der Waals surface area contributed by atoms with E-state index in [1.54, 1.807) is 0 Å². The second-order valence-electron chi connectivity index (χ2n) is 5.86. The molecule has 1 aromatic rings. The highest BCUT2D eigenvalue weighted by Crippen LogP contribution is 2.17. The summed E-state index contributed by atoms with van der Waals surface area (Å²) in [7, 11) is 0. The summed E-state index contributed by atoms with van der Waals surface area (Å²) in [6.45, 7) is 11.2. The summed E-state index contributed by atoms with van der Waals surface area (Å²) in [5.41, 5.74) is 1.34. The molecule has 1 unspecified atom stereocenters. The van der Waals surface area contributed by atoms with Gasteiger partial charge in [-0.1, -0.05) is 6.92 Å². The number of hydrogen-bond acceptors (Lipinski definition) is 3. The lowest BCUT2D eigenvalue weighted by atomic mass is 10.1. The Balaban J connectivity index is 2.04. The molecule has 1 fully saturated rings. The average Bonchev–Trinajstić information content (AvgIpc) is 2.88. The SMILES string of the molecule is CCCN(Cc1cncn1C(C)C)C1CCCNC1. The van der Waals surface area contributed by atoms with Gasteiger partial charge in [-0.15, -0.1) is 0 Å². The summed E-state index contributed by atoms with van der Waals surface area (Å²) >= 11 is 0. The van der Waals surface area contributed by atoms with Crippen molar-refractivity contribution >= 4 is 0 Å². The van der Waals surface area contributed by atoms with E-state index in [2.05, 4.69) is 40.5 Å². The molecule has 1 aliphatic heterocycles. The van der Waals surface area contributed by atoms with E-state index in [1.165, 1.54) is 38.0 Å². The molecule has 0 amide bonds. The number of nitrogens with one attached hydrogen (secondary N) is 1. The monoisotopic (exact) mass is 264 g/mol. The zero-order chi connectivity index (χ0) is 13.7. The minimum Gasteiger partial charge on any atom is -0.331 e. The lowest BCUT2D eigenvalue weighted by molar-refractivity contribution is 0.154. The third-order valence-electron chi connectivity index (χ3n) is 3.97. The highest BCUT2D eigenvalue weighted by atomic mass is 15.2. The smallest absolute Gasteiger partial charge is 0.0951 e. The first kappa shape index (κ1) is 14.5. The predicted octanol–water partition coefficient (Wildman–Crippen LogP) is 2.43. The molecule has 1 N–H and O–H groups in total. The first-order valence-electron chi connectivity index (χ1n) is 7.67. The van der Waals surface area contributed by atoms with Crippen LogP contribution < -0.4 is 5.32 Å². The Kier molecular flexibility index (Phi) is 5.40. The molecule has 1 aromatic heterocycles. The van der Waals surface area contributed by atoms with E-state index in [4.69, 9.17) is 0 Å². The number of aromatic nitrogens is 2. The Labute approximate surface area is 117 Å². The Morgan fingerprint density at radius 3 is 3.00 bits per heavy atom. The number of hydrogen-bond donors (Lipinski definition) is 1. The molecule has 19 heavy (non-hydrogen) atoms. The molecule has 2 rings (SSSR count). The Morgan fingerprint density at radius 2 is 2.37 bits per heavy atom. The van der Waals surface area contributed by atoms with Crippen molar-refractivity contribution in [2.45, 2.75) is 58.7 Å². The van der Waals surface area contributed by atoms with Crippen LogP contribution in [-0.2, 0) is 6.54 Å². The van der Waals surface area contributed by atoms with Crippen molar-refractivity contribution in [1.82, 2.24) is 19.8 Å². The molecule has 2 heterocycles. The van der Waals surface area contributed by atoms with Gasteiger partial charge in [-0.25, -0.2) is 4.98 Å². The van der Waals surface area contributed by atoms with Crippen LogP contribution in [0.2, 0.25) is 0 Å². The zero-order valence-electron chi connectivity index (χ0n) is 12.6. The fraction of sp³-hybridized carbons (Fsp3) is 0.800. The molecule has 4 nitrogen and oxygen atoms in total. The normalized spacial score (nSPS) is 20.4. The molecule has 0 spiro atoms. The highest BCUT2D eigenvalue weighted by molar-refractivity contribution is 5.00. The van der Waals surface area contributed by atoms with Gasteiger partial charge < -0.3 is 9.88 Å². The van der Waals surface area contributed by atoms with Crippen molar-refractivity contribution in [1.29, 1.82) is 0 Å². The average molecular weight is 264 g/mol. The lowest BCUT2D eigenvalue weighted by Gasteiger charge is -2.34. The van der Waals surface area contributed by atoms with Crippen LogP contribution in [0.4, 0.5) is 0 Å². The van der Waals surface area contributed by atoms with Crippen molar-refractivity contribution in [2.75, 3.05) is 19.6 Å². The summed E-state index contributed by atoms with van der Waals surface area (Å²) < 4.78 is 2.29. The van der Waals surface area contributed by atoms with Crippen molar-refractivity contribution in [3.8, 4) is 0 Å². The second kappa shape index (κ2) is 7.06. The summed E-state index contributed by atoms with van der Waals surface area (Å²) in [5.74, 6) is 0. The Bertz CT molecular complexity index is 366. The molecule has 0 bridgehead atoms. The van der Waals surface area contributed by atoms with Crippen LogP contribution in [-0.4, -0.2) is 40.1 Å². The van der Waals surface area contributed by atoms with Gasteiger partial charge in [-0.3, -0.25) is 4.90 Å². The van der Waals surface area contributed by atoms with Crippen LogP contribution in [0, 0.1) is 0 Å². The van der Waals surface area contributed by atoms with E-state index in [0.29, 0.717) is 12.1 Å². The minimum absolute atomic E-state index is 0.491. The molecule has 4 heteroatoms. The topological polar surface area (TPSA) is 33.1 Å². The molecule has 1 saturated heterocycles. The number of rotatable bonds is 6. The van der Waals surface area contributed by atoms with E-state index in [0.717, 1.165) is 13.1 Å². The molecule has 0 aliphatic carbocycles. The fourth-order valence-electron chi connectivity index (χ4n) is 2.95. The Hall–Kier alpha value is -0.870.